The molecule has 0 bridgehead atoms. The molecular formula is C16H14F3N5OS3. The zero-order chi connectivity index (χ0) is 20.0. The normalized spacial score (nSPS) is 12.5. The van der Waals surface area contributed by atoms with Crippen molar-refractivity contribution in [3.63, 3.8) is 0 Å². The van der Waals surface area contributed by atoms with Crippen LogP contribution in [-0.4, -0.2) is 39.6 Å². The molecular weight excluding hydrogens is 431 g/mol. The van der Waals surface area contributed by atoms with Crippen LogP contribution in [0.25, 0.3) is 0 Å². The van der Waals surface area contributed by atoms with Crippen LogP contribution in [0.3, 0.4) is 0 Å². The summed E-state index contributed by atoms with van der Waals surface area (Å²) in [5.41, 5.74) is 0.908. The van der Waals surface area contributed by atoms with E-state index >= 15 is 0 Å². The number of nitrogens with zero attached hydrogens (tertiary/aromatic N) is 3. The summed E-state index contributed by atoms with van der Waals surface area (Å²) in [6.07, 6.45) is -2.66. The van der Waals surface area contributed by atoms with Gasteiger partial charge in [0.2, 0.25) is 11.0 Å². The van der Waals surface area contributed by atoms with E-state index in [-0.39, 0.29) is 22.8 Å². The molecule has 1 amide bonds. The third-order valence-electron chi connectivity index (χ3n) is 3.31. The Labute approximate surface area is 170 Å². The number of carbonyl (C=O) groups is 1. The van der Waals surface area contributed by atoms with Crippen LogP contribution in [0.4, 0.5) is 18.3 Å². The van der Waals surface area contributed by atoms with Crippen molar-refractivity contribution in [1.82, 2.24) is 20.5 Å². The van der Waals surface area contributed by atoms with Crippen molar-refractivity contribution in [3.05, 3.63) is 52.5 Å². The highest BCUT2D eigenvalue weighted by Crippen LogP contribution is 2.27. The lowest BCUT2D eigenvalue weighted by Gasteiger charge is -2.16. The molecule has 0 aliphatic carbocycles. The summed E-state index contributed by atoms with van der Waals surface area (Å²) in [5, 5.41) is 15.2. The second kappa shape index (κ2) is 9.34. The largest absolute Gasteiger partial charge is 0.405 e. The van der Waals surface area contributed by atoms with Crippen LogP contribution in [0.1, 0.15) is 16.6 Å². The number of thioether (sulfide) groups is 1. The van der Waals surface area contributed by atoms with Gasteiger partial charge in [-0.25, -0.2) is 4.98 Å². The second-order valence-electron chi connectivity index (χ2n) is 5.41. The van der Waals surface area contributed by atoms with Crippen LogP contribution in [0.15, 0.2) is 46.2 Å². The molecule has 0 saturated heterocycles. The molecule has 3 rings (SSSR count). The van der Waals surface area contributed by atoms with Crippen LogP contribution in [0.5, 0.6) is 0 Å². The zero-order valence-electron chi connectivity index (χ0n) is 14.1. The maximum Gasteiger partial charge on any atom is 0.405 e. The van der Waals surface area contributed by atoms with Crippen molar-refractivity contribution in [2.24, 2.45) is 0 Å². The fourth-order valence-electron chi connectivity index (χ4n) is 2.16. The van der Waals surface area contributed by atoms with Gasteiger partial charge in [0.25, 0.3) is 0 Å². The molecule has 6 nitrogen and oxygen atoms in total. The first kappa shape index (κ1) is 20.6. The van der Waals surface area contributed by atoms with Crippen LogP contribution in [-0.2, 0) is 4.79 Å². The van der Waals surface area contributed by atoms with E-state index in [1.54, 1.807) is 6.20 Å². The first-order valence-electron chi connectivity index (χ1n) is 7.91. The number of carbonyl (C=O) groups excluding carboxylic acids is 1. The molecule has 148 valence electrons. The number of halogens is 3. The highest BCUT2D eigenvalue weighted by Gasteiger charge is 2.27. The summed E-state index contributed by atoms with van der Waals surface area (Å²) in [5.74, 6) is -0.183. The van der Waals surface area contributed by atoms with E-state index in [1.165, 1.54) is 11.3 Å². The molecule has 28 heavy (non-hydrogen) atoms. The minimum atomic E-state index is -4.33. The summed E-state index contributed by atoms with van der Waals surface area (Å²) in [6.45, 7) is -1.18. The van der Waals surface area contributed by atoms with Crippen molar-refractivity contribution in [3.8, 4) is 0 Å². The van der Waals surface area contributed by atoms with E-state index in [1.807, 2.05) is 35.7 Å². The first-order chi connectivity index (χ1) is 13.4. The van der Waals surface area contributed by atoms with Gasteiger partial charge in [-0.05, 0) is 5.56 Å². The molecule has 12 heteroatoms. The number of hydrogen-bond donors (Lipinski definition) is 2. The number of anilines is 1. The number of nitrogens with one attached hydrogen (secondary N) is 2. The summed E-state index contributed by atoms with van der Waals surface area (Å²) in [7, 11) is 0. The summed E-state index contributed by atoms with van der Waals surface area (Å²) in [4.78, 5) is 16.7. The van der Waals surface area contributed by atoms with Crippen molar-refractivity contribution in [2.75, 3.05) is 17.6 Å². The lowest BCUT2D eigenvalue weighted by atomic mass is 10.1. The SMILES string of the molecule is O=C(CSc1nnc(NCC(F)(F)F)s1)NC(c1ccccc1)c1nccs1. The molecule has 1 aromatic carbocycles. The molecule has 2 heterocycles. The number of rotatable bonds is 8. The molecule has 0 aliphatic rings. The van der Waals surface area contributed by atoms with E-state index in [0.717, 1.165) is 33.7 Å². The highest BCUT2D eigenvalue weighted by atomic mass is 32.2. The number of alkyl halides is 3. The smallest absolute Gasteiger partial charge is 0.351 e. The monoisotopic (exact) mass is 445 g/mol. The highest BCUT2D eigenvalue weighted by molar-refractivity contribution is 8.01. The van der Waals surface area contributed by atoms with E-state index in [4.69, 9.17) is 0 Å². The Morgan fingerprint density at radius 1 is 1.21 bits per heavy atom. The number of thiazole rings is 1. The maximum atomic E-state index is 12.4. The van der Waals surface area contributed by atoms with E-state index in [2.05, 4.69) is 25.8 Å². The van der Waals surface area contributed by atoms with Crippen molar-refractivity contribution >= 4 is 45.5 Å². The fraction of sp³-hybridized carbons (Fsp3) is 0.250. The third-order valence-corrected chi connectivity index (χ3v) is 6.16. The Morgan fingerprint density at radius 3 is 2.68 bits per heavy atom. The Morgan fingerprint density at radius 2 is 2.00 bits per heavy atom. The zero-order valence-corrected chi connectivity index (χ0v) is 16.6. The van der Waals surface area contributed by atoms with Gasteiger partial charge in [0, 0.05) is 11.6 Å². The maximum absolute atomic E-state index is 12.4. The average molecular weight is 446 g/mol. The Hall–Kier alpha value is -2.18. The van der Waals surface area contributed by atoms with Gasteiger partial charge in [0.05, 0.1) is 5.75 Å². The van der Waals surface area contributed by atoms with Gasteiger partial charge in [-0.3, -0.25) is 4.79 Å². The number of benzene rings is 1. The Bertz CT molecular complexity index is 887. The van der Waals surface area contributed by atoms with Gasteiger partial charge in [-0.2, -0.15) is 13.2 Å². The first-order valence-corrected chi connectivity index (χ1v) is 10.6. The fourth-order valence-corrected chi connectivity index (χ4v) is 4.43. The molecule has 1 unspecified atom stereocenters. The summed E-state index contributed by atoms with van der Waals surface area (Å²) in [6, 6.07) is 9.10. The molecule has 3 aromatic rings. The summed E-state index contributed by atoms with van der Waals surface area (Å²) >= 11 is 3.52. The molecule has 0 saturated carbocycles. The Kier molecular flexibility index (Phi) is 6.86. The predicted molar refractivity (Wildman–Crippen MR) is 104 cm³/mol. The quantitative estimate of drug-likeness (QED) is 0.511. The van der Waals surface area contributed by atoms with E-state index in [9.17, 15) is 18.0 Å². The van der Waals surface area contributed by atoms with Gasteiger partial charge in [-0.1, -0.05) is 53.4 Å². The third kappa shape index (κ3) is 6.17. The van der Waals surface area contributed by atoms with Crippen LogP contribution in [0.2, 0.25) is 0 Å². The van der Waals surface area contributed by atoms with Gasteiger partial charge in [-0.15, -0.1) is 21.5 Å². The van der Waals surface area contributed by atoms with E-state index < -0.39 is 12.7 Å². The number of hydrogen-bond acceptors (Lipinski definition) is 8. The number of amides is 1. The second-order valence-corrected chi connectivity index (χ2v) is 8.54. The van der Waals surface area contributed by atoms with Crippen molar-refractivity contribution in [1.29, 1.82) is 0 Å². The Balaban J connectivity index is 1.56. The minimum Gasteiger partial charge on any atom is -0.351 e. The summed E-state index contributed by atoms with van der Waals surface area (Å²) < 4.78 is 37.0. The molecule has 2 aromatic heterocycles. The number of aromatic nitrogens is 3. The van der Waals surface area contributed by atoms with Gasteiger partial charge >= 0.3 is 6.18 Å². The molecule has 2 N–H and O–H groups in total. The van der Waals surface area contributed by atoms with Gasteiger partial charge in [0.1, 0.15) is 17.6 Å². The molecule has 0 fully saturated rings. The topological polar surface area (TPSA) is 79.8 Å². The van der Waals surface area contributed by atoms with Gasteiger partial charge < -0.3 is 10.6 Å². The standard InChI is InChI=1S/C16H14F3N5OS3/c17-16(18,19)9-21-14-23-24-15(28-14)27-8-11(25)22-12(13-20-6-7-26-13)10-4-2-1-3-5-10/h1-7,12H,8-9H2,(H,21,23)(H,22,25). The minimum absolute atomic E-state index is 0.0581. The van der Waals surface area contributed by atoms with Crippen LogP contribution >= 0.6 is 34.4 Å². The van der Waals surface area contributed by atoms with Crippen molar-refractivity contribution < 1.29 is 18.0 Å². The average Bonchev–Trinajstić information content (AvgIpc) is 3.35. The molecule has 0 radical (unpaired) electrons. The molecule has 0 aliphatic heterocycles. The van der Waals surface area contributed by atoms with Crippen molar-refractivity contribution in [2.45, 2.75) is 16.6 Å². The van der Waals surface area contributed by atoms with Crippen LogP contribution in [0, 0.1) is 0 Å². The van der Waals surface area contributed by atoms with E-state index in [0.29, 0.717) is 4.34 Å². The molecule has 0 spiro atoms. The van der Waals surface area contributed by atoms with Gasteiger partial charge in [0.15, 0.2) is 4.34 Å². The lowest BCUT2D eigenvalue weighted by molar-refractivity contribution is -0.119. The lowest BCUT2D eigenvalue weighted by Crippen LogP contribution is -2.30. The predicted octanol–water partition coefficient (Wildman–Crippen LogP) is 3.97. The molecule has 1 atom stereocenters. The van der Waals surface area contributed by atoms with Crippen LogP contribution < -0.4 is 10.6 Å².